The largest absolute Gasteiger partial charge is 0.495 e. The number of nitrogens with zero attached hydrogens (tertiary/aromatic N) is 1. The number of pyridine rings is 1. The van der Waals surface area contributed by atoms with E-state index in [9.17, 15) is 13.9 Å². The number of halogens is 2. The van der Waals surface area contributed by atoms with Gasteiger partial charge in [-0.3, -0.25) is 4.98 Å². The van der Waals surface area contributed by atoms with Gasteiger partial charge in [0.05, 0.1) is 13.3 Å². The number of aromatic nitrogens is 1. The van der Waals surface area contributed by atoms with Crippen molar-refractivity contribution in [2.75, 3.05) is 7.11 Å². The summed E-state index contributed by atoms with van der Waals surface area (Å²) in [5, 5.41) is 10.0. The molecule has 0 saturated carbocycles. The summed E-state index contributed by atoms with van der Waals surface area (Å²) in [5.74, 6) is -1.47. The van der Waals surface area contributed by atoms with Gasteiger partial charge in [-0.1, -0.05) is 6.07 Å². The lowest BCUT2D eigenvalue weighted by molar-refractivity contribution is 0.218. The average molecular weight is 251 g/mol. The molecule has 1 heterocycles. The van der Waals surface area contributed by atoms with Crippen LogP contribution in [-0.4, -0.2) is 17.2 Å². The number of aliphatic hydroxyl groups excluding tert-OH is 1. The van der Waals surface area contributed by atoms with E-state index in [4.69, 9.17) is 4.74 Å². The number of methoxy groups -OCH3 is 1. The molecule has 18 heavy (non-hydrogen) atoms. The molecule has 1 aromatic heterocycles. The summed E-state index contributed by atoms with van der Waals surface area (Å²) in [7, 11) is 1.48. The highest BCUT2D eigenvalue weighted by molar-refractivity contribution is 5.32. The fraction of sp³-hybridized carbons (Fsp3) is 0.154. The number of hydrogen-bond acceptors (Lipinski definition) is 3. The quantitative estimate of drug-likeness (QED) is 0.911. The van der Waals surface area contributed by atoms with Gasteiger partial charge in [-0.05, 0) is 23.8 Å². The summed E-state index contributed by atoms with van der Waals surface area (Å²) in [6.07, 6.45) is 1.85. The van der Waals surface area contributed by atoms with E-state index in [1.165, 1.54) is 25.6 Å². The van der Waals surface area contributed by atoms with Crippen LogP contribution < -0.4 is 4.74 Å². The first-order valence-corrected chi connectivity index (χ1v) is 5.24. The summed E-state index contributed by atoms with van der Waals surface area (Å²) < 4.78 is 30.8. The van der Waals surface area contributed by atoms with Crippen LogP contribution >= 0.6 is 0 Å². The number of ether oxygens (including phenoxy) is 1. The first-order valence-electron chi connectivity index (χ1n) is 5.24. The number of hydrogen-bond donors (Lipinski definition) is 1. The molecule has 5 heteroatoms. The predicted octanol–water partition coefficient (Wildman–Crippen LogP) is 2.45. The van der Waals surface area contributed by atoms with E-state index >= 15 is 0 Å². The molecule has 1 N–H and O–H groups in total. The molecule has 0 radical (unpaired) electrons. The van der Waals surface area contributed by atoms with Gasteiger partial charge >= 0.3 is 0 Å². The van der Waals surface area contributed by atoms with Gasteiger partial charge in [0.1, 0.15) is 11.9 Å². The molecule has 2 aromatic rings. The maximum absolute atomic E-state index is 13.1. The van der Waals surface area contributed by atoms with Gasteiger partial charge in [0, 0.05) is 11.8 Å². The van der Waals surface area contributed by atoms with E-state index in [1.54, 1.807) is 6.07 Å². The van der Waals surface area contributed by atoms with Crippen LogP contribution in [0.25, 0.3) is 0 Å². The second kappa shape index (κ2) is 5.10. The molecule has 0 saturated heterocycles. The minimum Gasteiger partial charge on any atom is -0.495 e. The van der Waals surface area contributed by atoms with Gasteiger partial charge in [0.15, 0.2) is 11.6 Å². The number of aliphatic hydroxyl groups is 1. The SMILES string of the molecule is COc1cncc(C(O)c2ccc(F)c(F)c2)c1. The smallest absolute Gasteiger partial charge is 0.159 e. The second-order valence-corrected chi connectivity index (χ2v) is 3.73. The molecule has 2 rings (SSSR count). The van der Waals surface area contributed by atoms with Crippen LogP contribution in [0.3, 0.4) is 0 Å². The molecule has 1 unspecified atom stereocenters. The van der Waals surface area contributed by atoms with E-state index in [-0.39, 0.29) is 5.56 Å². The van der Waals surface area contributed by atoms with Crippen molar-refractivity contribution < 1.29 is 18.6 Å². The lowest BCUT2D eigenvalue weighted by Gasteiger charge is -2.12. The van der Waals surface area contributed by atoms with Crippen LogP contribution in [0.2, 0.25) is 0 Å². The van der Waals surface area contributed by atoms with Crippen molar-refractivity contribution in [2.45, 2.75) is 6.10 Å². The Labute approximate surface area is 103 Å². The first kappa shape index (κ1) is 12.4. The Morgan fingerprint density at radius 2 is 1.89 bits per heavy atom. The molecule has 1 atom stereocenters. The van der Waals surface area contributed by atoms with E-state index < -0.39 is 17.7 Å². The second-order valence-electron chi connectivity index (χ2n) is 3.73. The first-order chi connectivity index (χ1) is 8.61. The zero-order valence-electron chi connectivity index (χ0n) is 9.60. The van der Waals surface area contributed by atoms with Crippen molar-refractivity contribution in [3.63, 3.8) is 0 Å². The van der Waals surface area contributed by atoms with Crippen molar-refractivity contribution in [1.29, 1.82) is 0 Å². The van der Waals surface area contributed by atoms with E-state index in [2.05, 4.69) is 4.98 Å². The van der Waals surface area contributed by atoms with Gasteiger partial charge in [0.25, 0.3) is 0 Å². The van der Waals surface area contributed by atoms with Crippen molar-refractivity contribution in [2.24, 2.45) is 0 Å². The van der Waals surface area contributed by atoms with Crippen LogP contribution in [0.15, 0.2) is 36.7 Å². The third-order valence-electron chi connectivity index (χ3n) is 2.55. The lowest BCUT2D eigenvalue weighted by Crippen LogP contribution is -2.02. The van der Waals surface area contributed by atoms with Crippen LogP contribution in [0, 0.1) is 11.6 Å². The van der Waals surface area contributed by atoms with E-state index in [0.717, 1.165) is 12.1 Å². The molecular formula is C13H11F2NO2. The average Bonchev–Trinajstić information content (AvgIpc) is 2.41. The van der Waals surface area contributed by atoms with Crippen LogP contribution in [0.1, 0.15) is 17.2 Å². The topological polar surface area (TPSA) is 42.4 Å². The molecule has 1 aromatic carbocycles. The van der Waals surface area contributed by atoms with E-state index in [1.807, 2.05) is 0 Å². The van der Waals surface area contributed by atoms with Gasteiger partial charge < -0.3 is 9.84 Å². The Morgan fingerprint density at radius 3 is 2.56 bits per heavy atom. The molecule has 3 nitrogen and oxygen atoms in total. The highest BCUT2D eigenvalue weighted by atomic mass is 19.2. The normalized spacial score (nSPS) is 12.2. The molecule has 0 aliphatic rings. The van der Waals surface area contributed by atoms with Crippen molar-refractivity contribution in [3.8, 4) is 5.75 Å². The fourth-order valence-corrected chi connectivity index (χ4v) is 1.57. The molecular weight excluding hydrogens is 240 g/mol. The number of rotatable bonds is 3. The molecule has 0 spiro atoms. The molecule has 0 fully saturated rings. The third kappa shape index (κ3) is 2.46. The van der Waals surface area contributed by atoms with Crippen LogP contribution in [-0.2, 0) is 0 Å². The maximum Gasteiger partial charge on any atom is 0.159 e. The Kier molecular flexibility index (Phi) is 3.53. The third-order valence-corrected chi connectivity index (χ3v) is 2.55. The summed E-state index contributed by atoms with van der Waals surface area (Å²) in [6.45, 7) is 0. The minimum atomic E-state index is -1.08. The summed E-state index contributed by atoms with van der Waals surface area (Å²) in [5.41, 5.74) is 0.698. The molecule has 0 amide bonds. The summed E-state index contributed by atoms with van der Waals surface area (Å²) in [4.78, 5) is 3.89. The Hall–Kier alpha value is -2.01. The van der Waals surface area contributed by atoms with Gasteiger partial charge in [0.2, 0.25) is 0 Å². The minimum absolute atomic E-state index is 0.254. The summed E-state index contributed by atoms with van der Waals surface area (Å²) in [6, 6.07) is 4.84. The van der Waals surface area contributed by atoms with E-state index in [0.29, 0.717) is 11.3 Å². The number of benzene rings is 1. The van der Waals surface area contributed by atoms with Crippen LogP contribution in [0.5, 0.6) is 5.75 Å². The maximum atomic E-state index is 13.1. The highest BCUT2D eigenvalue weighted by Crippen LogP contribution is 2.25. The highest BCUT2D eigenvalue weighted by Gasteiger charge is 2.14. The monoisotopic (exact) mass is 251 g/mol. The van der Waals surface area contributed by atoms with Crippen molar-refractivity contribution in [3.05, 3.63) is 59.4 Å². The molecule has 94 valence electrons. The van der Waals surface area contributed by atoms with Gasteiger partial charge in [-0.25, -0.2) is 8.78 Å². The zero-order chi connectivity index (χ0) is 13.1. The van der Waals surface area contributed by atoms with Gasteiger partial charge in [-0.15, -0.1) is 0 Å². The zero-order valence-corrected chi connectivity index (χ0v) is 9.60. The van der Waals surface area contributed by atoms with Crippen molar-refractivity contribution >= 4 is 0 Å². The van der Waals surface area contributed by atoms with Gasteiger partial charge in [-0.2, -0.15) is 0 Å². The Morgan fingerprint density at radius 1 is 1.11 bits per heavy atom. The fourth-order valence-electron chi connectivity index (χ4n) is 1.57. The Bertz CT molecular complexity index is 560. The standard InChI is InChI=1S/C13H11F2NO2/c1-18-10-4-9(6-16-7-10)13(17)8-2-3-11(14)12(15)5-8/h2-7,13,17H,1H3. The lowest BCUT2D eigenvalue weighted by atomic mass is 10.0. The predicted molar refractivity (Wildman–Crippen MR) is 61.2 cm³/mol. The molecule has 0 aliphatic carbocycles. The summed E-state index contributed by atoms with van der Waals surface area (Å²) >= 11 is 0. The van der Waals surface area contributed by atoms with Crippen LogP contribution in [0.4, 0.5) is 8.78 Å². The van der Waals surface area contributed by atoms with Crippen molar-refractivity contribution in [1.82, 2.24) is 4.98 Å². The molecule has 0 aliphatic heterocycles. The molecule has 0 bridgehead atoms. The Balaban J connectivity index is 2.34.